The Labute approximate surface area is 114 Å². The lowest BCUT2D eigenvalue weighted by Gasteiger charge is -2.44. The fourth-order valence-corrected chi connectivity index (χ4v) is 41.9. The molecule has 0 aromatic heterocycles. The van der Waals surface area contributed by atoms with Crippen molar-refractivity contribution in [2.45, 2.75) is 70.1 Å². The van der Waals surface area contributed by atoms with E-state index in [9.17, 15) is 0 Å². The summed E-state index contributed by atoms with van der Waals surface area (Å²) in [4.78, 5) is 0. The number of rotatable bonds is 7. The Morgan fingerprint density at radius 2 is 1.47 bits per heavy atom. The summed E-state index contributed by atoms with van der Waals surface area (Å²) in [5, 5.41) is 0. The van der Waals surface area contributed by atoms with Crippen LogP contribution in [0.4, 0.5) is 0 Å². The van der Waals surface area contributed by atoms with Gasteiger partial charge in [0.25, 0.3) is 0 Å². The summed E-state index contributed by atoms with van der Waals surface area (Å²) in [6.07, 6.45) is 0. The van der Waals surface area contributed by atoms with Gasteiger partial charge < -0.3 is 4.43 Å². The highest BCUT2D eigenvalue weighted by molar-refractivity contribution is 7.42. The van der Waals surface area contributed by atoms with Gasteiger partial charge in [0.15, 0.2) is 7.83 Å². The maximum Gasteiger partial charge on any atom is 0.173 e. The molecule has 0 heterocycles. The monoisotopic (exact) mass is 306 g/mol. The molecule has 0 spiro atoms. The van der Waals surface area contributed by atoms with Crippen molar-refractivity contribution in [3.63, 3.8) is 0 Å². The van der Waals surface area contributed by atoms with Crippen LogP contribution in [0.1, 0.15) is 6.92 Å². The van der Waals surface area contributed by atoms with Crippen molar-refractivity contribution < 1.29 is 4.43 Å². The lowest BCUT2D eigenvalue weighted by atomic mass is 11.0. The van der Waals surface area contributed by atoms with E-state index in [1.54, 1.807) is 5.67 Å². The Balaban J connectivity index is 5.00. The fraction of sp³-hybridized carbons (Fsp3) is 1.00. The van der Waals surface area contributed by atoms with E-state index in [0.717, 1.165) is 0 Å². The summed E-state index contributed by atoms with van der Waals surface area (Å²) in [7, 11) is -2.03. The maximum absolute atomic E-state index is 6.20. The number of hydrogen-bond acceptors (Lipinski definition) is 1. The molecule has 0 aromatic rings. The minimum atomic E-state index is -1.43. The van der Waals surface area contributed by atoms with Crippen molar-refractivity contribution in [3.05, 3.63) is 0 Å². The van der Waals surface area contributed by atoms with Gasteiger partial charge in [0, 0.05) is 24.0 Å². The predicted octanol–water partition coefficient (Wildman–Crippen LogP) is 4.29. The van der Waals surface area contributed by atoms with Crippen LogP contribution in [0.2, 0.25) is 63.2 Å². The van der Waals surface area contributed by atoms with Gasteiger partial charge in [0.2, 0.25) is 0 Å². The highest BCUT2D eigenvalue weighted by Gasteiger charge is 2.48. The minimum Gasteiger partial charge on any atom is -0.423 e. The van der Waals surface area contributed by atoms with Gasteiger partial charge in [-0.25, -0.2) is 0 Å². The standard InChI is InChI=1S/C12H34OSi4/c1-10-15(5,6)12-17(9,13-2)16(7,8)11-14(3)4/h14H,10-12H2,1-9H3. The van der Waals surface area contributed by atoms with Crippen LogP contribution < -0.4 is 0 Å². The Morgan fingerprint density at radius 3 is 1.76 bits per heavy atom. The van der Waals surface area contributed by atoms with Crippen LogP contribution >= 0.6 is 0 Å². The SMILES string of the molecule is CC[Si](C)(C)C[Si](C)(OC)[Si](C)(C)C[SiH](C)C. The first-order valence-electron chi connectivity index (χ1n) is 7.05. The molecule has 0 amide bonds. The van der Waals surface area contributed by atoms with Gasteiger partial charge in [-0.15, -0.1) is 0 Å². The molecule has 0 saturated heterocycles. The zero-order valence-electron chi connectivity index (χ0n) is 13.6. The van der Waals surface area contributed by atoms with Crippen molar-refractivity contribution in [1.82, 2.24) is 0 Å². The molecule has 0 N–H and O–H groups in total. The van der Waals surface area contributed by atoms with Crippen LogP contribution in [0, 0.1) is 0 Å². The van der Waals surface area contributed by atoms with E-state index >= 15 is 0 Å². The molecule has 0 aliphatic rings. The largest absolute Gasteiger partial charge is 0.423 e. The van der Waals surface area contributed by atoms with E-state index in [-0.39, 0.29) is 0 Å². The lowest BCUT2D eigenvalue weighted by molar-refractivity contribution is 0.417. The third kappa shape index (κ3) is 5.14. The van der Waals surface area contributed by atoms with Gasteiger partial charge in [-0.1, -0.05) is 57.9 Å². The second-order valence-corrected chi connectivity index (χ2v) is 32.4. The molecule has 0 aliphatic heterocycles. The second-order valence-electron chi connectivity index (χ2n) is 7.61. The molecule has 104 valence electrons. The average Bonchev–Trinajstić information content (AvgIpc) is 2.14. The van der Waals surface area contributed by atoms with Crippen LogP contribution in [0.25, 0.3) is 0 Å². The summed E-state index contributed by atoms with van der Waals surface area (Å²) < 4.78 is 6.20. The fourth-order valence-electron chi connectivity index (χ4n) is 2.86. The van der Waals surface area contributed by atoms with Gasteiger partial charge in [-0.2, -0.15) is 0 Å². The van der Waals surface area contributed by atoms with Crippen molar-refractivity contribution in [1.29, 1.82) is 0 Å². The first-order valence-corrected chi connectivity index (χ1v) is 20.4. The van der Waals surface area contributed by atoms with Crippen molar-refractivity contribution in [2.75, 3.05) is 7.11 Å². The predicted molar refractivity (Wildman–Crippen MR) is 92.6 cm³/mol. The molecule has 17 heavy (non-hydrogen) atoms. The zero-order chi connectivity index (χ0) is 13.9. The Bertz CT molecular complexity index is 241. The topological polar surface area (TPSA) is 9.23 Å². The Hall–Kier alpha value is 0.828. The third-order valence-electron chi connectivity index (χ3n) is 4.57. The summed E-state index contributed by atoms with van der Waals surface area (Å²) >= 11 is 0. The van der Waals surface area contributed by atoms with Crippen molar-refractivity contribution in [2.24, 2.45) is 0 Å². The van der Waals surface area contributed by atoms with Gasteiger partial charge in [0.05, 0.1) is 7.59 Å². The molecule has 0 fully saturated rings. The van der Waals surface area contributed by atoms with Gasteiger partial charge in [0.1, 0.15) is 0 Å². The van der Waals surface area contributed by atoms with Crippen molar-refractivity contribution in [3.8, 4) is 0 Å². The molecular formula is C12H34OSi4. The number of hydrogen-bond donors (Lipinski definition) is 0. The Morgan fingerprint density at radius 1 is 1.00 bits per heavy atom. The molecular weight excluding hydrogens is 272 g/mol. The molecule has 0 aliphatic carbocycles. The van der Waals surface area contributed by atoms with Gasteiger partial charge in [-0.3, -0.25) is 0 Å². The quantitative estimate of drug-likeness (QED) is 0.638. The van der Waals surface area contributed by atoms with Crippen LogP contribution in [0.3, 0.4) is 0 Å². The first-order chi connectivity index (χ1) is 7.49. The normalized spacial score (nSPS) is 17.3. The summed E-state index contributed by atoms with van der Waals surface area (Å²) in [5.74, 6) is 0. The second kappa shape index (κ2) is 6.32. The van der Waals surface area contributed by atoms with E-state index in [1.165, 1.54) is 11.7 Å². The summed E-state index contributed by atoms with van der Waals surface area (Å²) in [5.41, 5.74) is 3.05. The average molecular weight is 307 g/mol. The molecule has 0 radical (unpaired) electrons. The molecule has 5 heteroatoms. The van der Waals surface area contributed by atoms with E-state index in [4.69, 9.17) is 4.43 Å². The van der Waals surface area contributed by atoms with E-state index in [1.807, 2.05) is 7.11 Å². The summed E-state index contributed by atoms with van der Waals surface area (Å²) in [6.45, 7) is 20.2. The Kier molecular flexibility index (Phi) is 6.63. The van der Waals surface area contributed by atoms with Crippen LogP contribution in [-0.2, 0) is 4.43 Å². The maximum atomic E-state index is 6.20. The molecule has 0 saturated carbocycles. The molecule has 1 atom stereocenters. The highest BCUT2D eigenvalue weighted by atomic mass is 29.3. The van der Waals surface area contributed by atoms with Crippen LogP contribution in [-0.4, -0.2) is 39.4 Å². The highest BCUT2D eigenvalue weighted by Crippen LogP contribution is 2.33. The van der Waals surface area contributed by atoms with E-state index in [2.05, 4.69) is 52.8 Å². The van der Waals surface area contributed by atoms with Gasteiger partial charge >= 0.3 is 0 Å². The molecule has 0 aromatic carbocycles. The molecule has 0 rings (SSSR count). The lowest BCUT2D eigenvalue weighted by Crippen LogP contribution is -2.63. The van der Waals surface area contributed by atoms with Crippen LogP contribution in [0.5, 0.6) is 0 Å². The minimum absolute atomic E-state index is 0.454. The van der Waals surface area contributed by atoms with Gasteiger partial charge in [-0.05, 0) is 12.2 Å². The smallest absolute Gasteiger partial charge is 0.173 e. The molecule has 1 nitrogen and oxygen atoms in total. The molecule has 0 bridgehead atoms. The zero-order valence-corrected chi connectivity index (χ0v) is 17.8. The van der Waals surface area contributed by atoms with E-state index < -0.39 is 32.3 Å². The molecule has 1 unspecified atom stereocenters. The van der Waals surface area contributed by atoms with E-state index in [0.29, 0.717) is 0 Å². The summed E-state index contributed by atoms with van der Waals surface area (Å²) in [6, 6.07) is 1.41. The third-order valence-corrected chi connectivity index (χ3v) is 36.8. The van der Waals surface area contributed by atoms with Crippen molar-refractivity contribution >= 4 is 32.3 Å². The van der Waals surface area contributed by atoms with Crippen LogP contribution in [0.15, 0.2) is 0 Å². The first kappa shape index (κ1) is 17.8.